The van der Waals surface area contributed by atoms with Gasteiger partial charge in [-0.05, 0) is 68.6 Å². The lowest BCUT2D eigenvalue weighted by molar-refractivity contribution is -0.123. The standard InChI is InChI=1S/C14H24N2O/c1-8(15)14(17)16-7-13-11-3-9-2-10(5-11)6-12(13)4-9/h8-13H,2-7,15H2,1H3,(H,16,17). The van der Waals surface area contributed by atoms with E-state index in [9.17, 15) is 4.79 Å². The summed E-state index contributed by atoms with van der Waals surface area (Å²) in [4.78, 5) is 11.5. The summed E-state index contributed by atoms with van der Waals surface area (Å²) in [6.45, 7) is 2.63. The molecular weight excluding hydrogens is 212 g/mol. The van der Waals surface area contributed by atoms with Gasteiger partial charge >= 0.3 is 0 Å². The molecule has 4 bridgehead atoms. The summed E-state index contributed by atoms with van der Waals surface area (Å²) in [6.07, 6.45) is 7.18. The van der Waals surface area contributed by atoms with E-state index in [1.165, 1.54) is 32.1 Å². The lowest BCUT2D eigenvalue weighted by atomic mass is 9.52. The van der Waals surface area contributed by atoms with E-state index in [1.54, 1.807) is 6.92 Å². The predicted molar refractivity (Wildman–Crippen MR) is 67.2 cm³/mol. The van der Waals surface area contributed by atoms with Crippen LogP contribution in [0.4, 0.5) is 0 Å². The zero-order valence-electron chi connectivity index (χ0n) is 10.7. The Kier molecular flexibility index (Phi) is 2.89. The number of carbonyl (C=O) groups excluding carboxylic acids is 1. The summed E-state index contributed by atoms with van der Waals surface area (Å²) in [7, 11) is 0. The minimum atomic E-state index is -0.369. The number of amides is 1. The molecule has 0 heterocycles. The third kappa shape index (κ3) is 2.10. The average Bonchev–Trinajstić information content (AvgIpc) is 2.26. The fourth-order valence-electron chi connectivity index (χ4n) is 4.75. The highest BCUT2D eigenvalue weighted by Crippen LogP contribution is 2.56. The van der Waals surface area contributed by atoms with Crippen LogP contribution in [0.1, 0.15) is 39.0 Å². The van der Waals surface area contributed by atoms with Gasteiger partial charge in [0.05, 0.1) is 6.04 Å². The molecule has 1 atom stereocenters. The van der Waals surface area contributed by atoms with Gasteiger partial charge in [0.2, 0.25) is 5.91 Å². The Morgan fingerprint density at radius 1 is 1.18 bits per heavy atom. The second-order valence-corrected chi connectivity index (χ2v) is 6.63. The minimum absolute atomic E-state index is 0.0128. The van der Waals surface area contributed by atoms with Gasteiger partial charge in [-0.1, -0.05) is 0 Å². The largest absolute Gasteiger partial charge is 0.354 e. The number of hydrogen-bond acceptors (Lipinski definition) is 2. The predicted octanol–water partition coefficient (Wildman–Crippen LogP) is 1.52. The third-order valence-electron chi connectivity index (χ3n) is 5.35. The number of nitrogens with one attached hydrogen (secondary N) is 1. The number of carbonyl (C=O) groups is 1. The van der Waals surface area contributed by atoms with Gasteiger partial charge in [0.1, 0.15) is 0 Å². The maximum Gasteiger partial charge on any atom is 0.236 e. The van der Waals surface area contributed by atoms with E-state index < -0.39 is 0 Å². The van der Waals surface area contributed by atoms with Crippen molar-refractivity contribution in [3.05, 3.63) is 0 Å². The van der Waals surface area contributed by atoms with Gasteiger partial charge in [0.25, 0.3) is 0 Å². The van der Waals surface area contributed by atoms with E-state index in [-0.39, 0.29) is 11.9 Å². The Balaban J connectivity index is 1.59. The quantitative estimate of drug-likeness (QED) is 0.780. The Bertz CT molecular complexity index is 285. The molecule has 4 aliphatic carbocycles. The first-order chi connectivity index (χ1) is 8.13. The summed E-state index contributed by atoms with van der Waals surface area (Å²) in [5, 5.41) is 3.05. The molecule has 0 aromatic carbocycles. The Morgan fingerprint density at radius 2 is 1.71 bits per heavy atom. The molecule has 3 heteroatoms. The van der Waals surface area contributed by atoms with E-state index in [0.29, 0.717) is 0 Å². The normalized spacial score (nSPS) is 44.7. The number of hydrogen-bond donors (Lipinski definition) is 2. The number of nitrogens with two attached hydrogens (primary N) is 1. The Labute approximate surface area is 104 Å². The van der Waals surface area contributed by atoms with Crippen LogP contribution in [0.5, 0.6) is 0 Å². The van der Waals surface area contributed by atoms with Crippen molar-refractivity contribution in [3.63, 3.8) is 0 Å². The van der Waals surface area contributed by atoms with Crippen molar-refractivity contribution in [1.29, 1.82) is 0 Å². The van der Waals surface area contributed by atoms with Gasteiger partial charge in [-0.15, -0.1) is 0 Å². The van der Waals surface area contributed by atoms with Gasteiger partial charge < -0.3 is 11.1 Å². The SMILES string of the molecule is CC(N)C(=O)NCC1C2CC3CC(C2)CC1C3. The molecule has 3 N–H and O–H groups in total. The molecule has 4 rings (SSSR count). The summed E-state index contributed by atoms with van der Waals surface area (Å²) in [5.74, 6) is 4.55. The van der Waals surface area contributed by atoms with Crippen LogP contribution >= 0.6 is 0 Å². The van der Waals surface area contributed by atoms with Crippen LogP contribution in [0, 0.1) is 29.6 Å². The van der Waals surface area contributed by atoms with Gasteiger partial charge in [-0.3, -0.25) is 4.79 Å². The van der Waals surface area contributed by atoms with E-state index in [2.05, 4.69) is 5.32 Å². The topological polar surface area (TPSA) is 55.1 Å². The van der Waals surface area contributed by atoms with E-state index in [0.717, 1.165) is 36.1 Å². The van der Waals surface area contributed by atoms with Gasteiger partial charge in [-0.2, -0.15) is 0 Å². The molecule has 3 nitrogen and oxygen atoms in total. The highest BCUT2D eigenvalue weighted by atomic mass is 16.2. The minimum Gasteiger partial charge on any atom is -0.354 e. The highest BCUT2D eigenvalue weighted by Gasteiger charge is 2.47. The monoisotopic (exact) mass is 236 g/mol. The van der Waals surface area contributed by atoms with Crippen LogP contribution in [0.3, 0.4) is 0 Å². The summed E-state index contributed by atoms with van der Waals surface area (Å²) in [5.41, 5.74) is 5.58. The van der Waals surface area contributed by atoms with Crippen molar-refractivity contribution in [2.24, 2.45) is 35.3 Å². The fraction of sp³-hybridized carbons (Fsp3) is 0.929. The molecule has 1 amide bonds. The molecule has 0 spiro atoms. The maximum absolute atomic E-state index is 11.5. The second kappa shape index (κ2) is 4.27. The third-order valence-corrected chi connectivity index (χ3v) is 5.35. The Morgan fingerprint density at radius 3 is 2.18 bits per heavy atom. The summed E-state index contributed by atoms with van der Waals surface area (Å²) in [6, 6.07) is -0.369. The van der Waals surface area contributed by atoms with Crippen molar-refractivity contribution >= 4 is 5.91 Å². The first kappa shape index (κ1) is 11.5. The van der Waals surface area contributed by atoms with Crippen molar-refractivity contribution < 1.29 is 4.79 Å². The lowest BCUT2D eigenvalue weighted by Crippen LogP contribution is -2.50. The van der Waals surface area contributed by atoms with Crippen LogP contribution in [0.2, 0.25) is 0 Å². The zero-order chi connectivity index (χ0) is 12.0. The smallest absolute Gasteiger partial charge is 0.236 e. The highest BCUT2D eigenvalue weighted by molar-refractivity contribution is 5.80. The molecule has 0 saturated heterocycles. The van der Waals surface area contributed by atoms with E-state index >= 15 is 0 Å². The summed E-state index contributed by atoms with van der Waals surface area (Å²) >= 11 is 0. The fourth-order valence-corrected chi connectivity index (χ4v) is 4.75. The van der Waals surface area contributed by atoms with Crippen molar-refractivity contribution in [2.45, 2.75) is 45.1 Å². The molecule has 4 saturated carbocycles. The van der Waals surface area contributed by atoms with E-state index in [4.69, 9.17) is 5.73 Å². The van der Waals surface area contributed by atoms with Crippen LogP contribution in [0.25, 0.3) is 0 Å². The maximum atomic E-state index is 11.5. The molecule has 4 aliphatic rings. The Hall–Kier alpha value is -0.570. The van der Waals surface area contributed by atoms with Crippen molar-refractivity contribution in [2.75, 3.05) is 6.54 Å². The average molecular weight is 236 g/mol. The van der Waals surface area contributed by atoms with Crippen LogP contribution in [-0.2, 0) is 4.79 Å². The van der Waals surface area contributed by atoms with Gasteiger partial charge in [0.15, 0.2) is 0 Å². The van der Waals surface area contributed by atoms with Gasteiger partial charge in [0, 0.05) is 6.54 Å². The number of rotatable bonds is 3. The molecule has 0 aromatic rings. The molecule has 0 aliphatic heterocycles. The van der Waals surface area contributed by atoms with Crippen LogP contribution < -0.4 is 11.1 Å². The first-order valence-corrected chi connectivity index (χ1v) is 7.16. The van der Waals surface area contributed by atoms with Crippen LogP contribution in [0.15, 0.2) is 0 Å². The van der Waals surface area contributed by atoms with Crippen LogP contribution in [-0.4, -0.2) is 18.5 Å². The first-order valence-electron chi connectivity index (χ1n) is 7.16. The molecule has 4 fully saturated rings. The van der Waals surface area contributed by atoms with Crippen molar-refractivity contribution in [3.8, 4) is 0 Å². The lowest BCUT2D eigenvalue weighted by Gasteiger charge is -2.54. The molecule has 1 unspecified atom stereocenters. The molecule has 0 aromatic heterocycles. The second-order valence-electron chi connectivity index (χ2n) is 6.63. The molecule has 96 valence electrons. The molecule has 0 radical (unpaired) electrons. The molecule has 17 heavy (non-hydrogen) atoms. The molecular formula is C14H24N2O. The van der Waals surface area contributed by atoms with Gasteiger partial charge in [-0.25, -0.2) is 0 Å². The summed E-state index contributed by atoms with van der Waals surface area (Å²) < 4.78 is 0. The zero-order valence-corrected chi connectivity index (χ0v) is 10.7. The van der Waals surface area contributed by atoms with E-state index in [1.807, 2.05) is 0 Å². The van der Waals surface area contributed by atoms with Crippen molar-refractivity contribution in [1.82, 2.24) is 5.32 Å².